The summed E-state index contributed by atoms with van der Waals surface area (Å²) in [4.78, 5) is 22.3. The van der Waals surface area contributed by atoms with Crippen LogP contribution in [0.3, 0.4) is 0 Å². The molecule has 1 amide bonds. The van der Waals surface area contributed by atoms with Gasteiger partial charge in [-0.1, -0.05) is 34.1 Å². The van der Waals surface area contributed by atoms with Crippen LogP contribution in [0, 0.1) is 0 Å². The fourth-order valence-electron chi connectivity index (χ4n) is 1.22. The summed E-state index contributed by atoms with van der Waals surface area (Å²) >= 11 is 3.38. The van der Waals surface area contributed by atoms with E-state index in [0.29, 0.717) is 0 Å². The molecule has 1 N–H and O–H groups in total. The second-order valence-corrected chi connectivity index (χ2v) is 4.33. The van der Waals surface area contributed by atoms with Crippen LogP contribution in [0.25, 0.3) is 6.08 Å². The van der Waals surface area contributed by atoms with Crippen molar-refractivity contribution in [3.05, 3.63) is 40.4 Å². The SMILES string of the molecule is COC(=O)CCNC(=O)C=Cc1ccccc1Br. The Hall–Kier alpha value is -1.62. The molecule has 18 heavy (non-hydrogen) atoms. The summed E-state index contributed by atoms with van der Waals surface area (Å²) in [6.07, 6.45) is 3.31. The van der Waals surface area contributed by atoms with Crippen LogP contribution in [-0.4, -0.2) is 25.5 Å². The lowest BCUT2D eigenvalue weighted by Crippen LogP contribution is -2.24. The number of benzene rings is 1. The molecule has 0 bridgehead atoms. The smallest absolute Gasteiger partial charge is 0.307 e. The van der Waals surface area contributed by atoms with Gasteiger partial charge in [0.25, 0.3) is 0 Å². The van der Waals surface area contributed by atoms with E-state index in [4.69, 9.17) is 0 Å². The van der Waals surface area contributed by atoms with Gasteiger partial charge >= 0.3 is 5.97 Å². The molecule has 0 aromatic heterocycles. The van der Waals surface area contributed by atoms with Gasteiger partial charge in [-0.05, 0) is 17.7 Å². The van der Waals surface area contributed by atoms with E-state index in [1.807, 2.05) is 24.3 Å². The van der Waals surface area contributed by atoms with Crippen LogP contribution < -0.4 is 5.32 Å². The molecule has 0 heterocycles. The second-order valence-electron chi connectivity index (χ2n) is 3.47. The predicted octanol–water partition coefficient (Wildman–Crippen LogP) is 2.14. The summed E-state index contributed by atoms with van der Waals surface area (Å²) in [5.41, 5.74) is 0.917. The number of ether oxygens (including phenoxy) is 1. The predicted molar refractivity (Wildman–Crippen MR) is 72.8 cm³/mol. The quantitative estimate of drug-likeness (QED) is 0.669. The van der Waals surface area contributed by atoms with Gasteiger partial charge in [0.2, 0.25) is 5.91 Å². The number of carbonyl (C=O) groups excluding carboxylic acids is 2. The van der Waals surface area contributed by atoms with E-state index in [1.165, 1.54) is 13.2 Å². The summed E-state index contributed by atoms with van der Waals surface area (Å²) in [5.74, 6) is -0.584. The topological polar surface area (TPSA) is 55.4 Å². The molecule has 0 aliphatic rings. The number of hydrogen-bond acceptors (Lipinski definition) is 3. The van der Waals surface area contributed by atoms with Gasteiger partial charge in [-0.2, -0.15) is 0 Å². The van der Waals surface area contributed by atoms with Crippen molar-refractivity contribution in [1.82, 2.24) is 5.32 Å². The molecular formula is C13H14BrNO3. The van der Waals surface area contributed by atoms with Crippen molar-refractivity contribution in [3.63, 3.8) is 0 Å². The Bertz CT molecular complexity index is 457. The molecule has 0 unspecified atom stereocenters. The molecule has 0 atom stereocenters. The minimum Gasteiger partial charge on any atom is -0.469 e. The summed E-state index contributed by atoms with van der Waals surface area (Å²) in [7, 11) is 1.32. The Morgan fingerprint density at radius 2 is 2.11 bits per heavy atom. The fourth-order valence-corrected chi connectivity index (χ4v) is 1.64. The number of esters is 1. The molecular weight excluding hydrogens is 298 g/mol. The third-order valence-corrected chi connectivity index (χ3v) is 2.90. The summed E-state index contributed by atoms with van der Waals surface area (Å²) in [6, 6.07) is 7.58. The Kier molecular flexibility index (Phi) is 6.14. The standard InChI is InChI=1S/C13H14BrNO3/c1-18-13(17)8-9-15-12(16)7-6-10-4-2-3-5-11(10)14/h2-7H,8-9H2,1H3,(H,15,16). The van der Waals surface area contributed by atoms with Crippen molar-refractivity contribution in [2.75, 3.05) is 13.7 Å². The molecule has 0 aliphatic carbocycles. The first kappa shape index (κ1) is 14.4. The third-order valence-electron chi connectivity index (χ3n) is 2.18. The molecule has 0 aliphatic heterocycles. The number of carbonyl (C=O) groups is 2. The van der Waals surface area contributed by atoms with Crippen LogP contribution in [0.4, 0.5) is 0 Å². The normalized spacial score (nSPS) is 10.3. The molecule has 96 valence electrons. The van der Waals surface area contributed by atoms with Crippen molar-refractivity contribution in [3.8, 4) is 0 Å². The van der Waals surface area contributed by atoms with Gasteiger partial charge in [0.1, 0.15) is 0 Å². The lowest BCUT2D eigenvalue weighted by atomic mass is 10.2. The molecule has 1 aromatic carbocycles. The maximum absolute atomic E-state index is 11.4. The van der Waals surface area contributed by atoms with Gasteiger partial charge in [0.05, 0.1) is 13.5 Å². The van der Waals surface area contributed by atoms with Gasteiger partial charge in [-0.25, -0.2) is 0 Å². The minimum absolute atomic E-state index is 0.172. The van der Waals surface area contributed by atoms with E-state index >= 15 is 0 Å². The number of nitrogens with one attached hydrogen (secondary N) is 1. The number of amides is 1. The Balaban J connectivity index is 2.41. The van der Waals surface area contributed by atoms with Gasteiger partial charge in [-0.3, -0.25) is 9.59 Å². The Labute approximate surface area is 114 Å². The number of hydrogen-bond donors (Lipinski definition) is 1. The molecule has 4 nitrogen and oxygen atoms in total. The molecule has 1 rings (SSSR count). The summed E-state index contributed by atoms with van der Waals surface area (Å²) in [6.45, 7) is 0.270. The maximum atomic E-state index is 11.4. The molecule has 0 radical (unpaired) electrons. The largest absolute Gasteiger partial charge is 0.469 e. The average molecular weight is 312 g/mol. The average Bonchev–Trinajstić information content (AvgIpc) is 2.37. The van der Waals surface area contributed by atoms with E-state index in [0.717, 1.165) is 10.0 Å². The van der Waals surface area contributed by atoms with E-state index < -0.39 is 0 Å². The van der Waals surface area contributed by atoms with Gasteiger partial charge in [-0.15, -0.1) is 0 Å². The number of halogens is 1. The zero-order chi connectivity index (χ0) is 13.4. The van der Waals surface area contributed by atoms with E-state index in [1.54, 1.807) is 6.08 Å². The first-order valence-electron chi connectivity index (χ1n) is 5.40. The zero-order valence-corrected chi connectivity index (χ0v) is 11.6. The third kappa shape index (κ3) is 5.14. The molecule has 0 saturated carbocycles. The van der Waals surface area contributed by atoms with Crippen molar-refractivity contribution >= 4 is 33.9 Å². The van der Waals surface area contributed by atoms with Crippen molar-refractivity contribution in [2.24, 2.45) is 0 Å². The van der Waals surface area contributed by atoms with Gasteiger partial charge in [0, 0.05) is 17.1 Å². The lowest BCUT2D eigenvalue weighted by Gasteiger charge is -2.01. The van der Waals surface area contributed by atoms with Crippen LogP contribution >= 0.6 is 15.9 Å². The lowest BCUT2D eigenvalue weighted by molar-refractivity contribution is -0.140. The Morgan fingerprint density at radius 1 is 1.39 bits per heavy atom. The second kappa shape index (κ2) is 7.66. The van der Waals surface area contributed by atoms with E-state index in [2.05, 4.69) is 26.0 Å². The minimum atomic E-state index is -0.343. The van der Waals surface area contributed by atoms with E-state index in [-0.39, 0.29) is 24.8 Å². The van der Waals surface area contributed by atoms with Gasteiger partial charge < -0.3 is 10.1 Å². The van der Waals surface area contributed by atoms with Crippen molar-refractivity contribution in [2.45, 2.75) is 6.42 Å². The first-order chi connectivity index (χ1) is 8.63. The van der Waals surface area contributed by atoms with E-state index in [9.17, 15) is 9.59 Å². The molecule has 0 spiro atoms. The van der Waals surface area contributed by atoms with Crippen LogP contribution in [0.15, 0.2) is 34.8 Å². The summed E-state index contributed by atoms with van der Waals surface area (Å²) < 4.78 is 5.38. The highest BCUT2D eigenvalue weighted by Gasteiger charge is 2.01. The molecule has 0 fully saturated rings. The van der Waals surface area contributed by atoms with Crippen LogP contribution in [-0.2, 0) is 14.3 Å². The molecule has 5 heteroatoms. The highest BCUT2D eigenvalue weighted by atomic mass is 79.9. The number of rotatable bonds is 5. The monoisotopic (exact) mass is 311 g/mol. The first-order valence-corrected chi connectivity index (χ1v) is 6.20. The van der Waals surface area contributed by atoms with Crippen LogP contribution in [0.2, 0.25) is 0 Å². The van der Waals surface area contributed by atoms with Crippen molar-refractivity contribution in [1.29, 1.82) is 0 Å². The Morgan fingerprint density at radius 3 is 2.78 bits per heavy atom. The highest BCUT2D eigenvalue weighted by molar-refractivity contribution is 9.10. The van der Waals surface area contributed by atoms with Crippen LogP contribution in [0.5, 0.6) is 0 Å². The molecule has 1 aromatic rings. The van der Waals surface area contributed by atoms with Crippen molar-refractivity contribution < 1.29 is 14.3 Å². The fraction of sp³-hybridized carbons (Fsp3) is 0.231. The number of methoxy groups -OCH3 is 1. The zero-order valence-electron chi connectivity index (χ0n) is 9.98. The maximum Gasteiger partial charge on any atom is 0.307 e. The molecule has 0 saturated heterocycles. The summed E-state index contributed by atoms with van der Waals surface area (Å²) in [5, 5.41) is 2.60. The highest BCUT2D eigenvalue weighted by Crippen LogP contribution is 2.16. The van der Waals surface area contributed by atoms with Crippen LogP contribution in [0.1, 0.15) is 12.0 Å². The van der Waals surface area contributed by atoms with Gasteiger partial charge in [0.15, 0.2) is 0 Å².